The summed E-state index contributed by atoms with van der Waals surface area (Å²) in [6, 6.07) is 8.05. The average molecular weight is 393 g/mol. The third-order valence-corrected chi connectivity index (χ3v) is 3.60. The highest BCUT2D eigenvalue weighted by atomic mass is 127. The van der Waals surface area contributed by atoms with E-state index in [-0.39, 0.29) is 18.3 Å². The molecule has 1 aromatic carbocycles. The molecular formula is C14H18ClIN2O. The Morgan fingerprint density at radius 2 is 2.26 bits per heavy atom. The monoisotopic (exact) mass is 392 g/mol. The first kappa shape index (κ1) is 16.5. The van der Waals surface area contributed by atoms with Crippen molar-refractivity contribution in [2.45, 2.75) is 12.8 Å². The predicted octanol–water partition coefficient (Wildman–Crippen LogP) is 2.29. The smallest absolute Gasteiger partial charge is 0.224 e. The molecule has 0 aliphatic carbocycles. The molecule has 1 amide bonds. The second-order valence-electron chi connectivity index (χ2n) is 4.40. The van der Waals surface area contributed by atoms with Gasteiger partial charge in [-0.3, -0.25) is 4.79 Å². The molecule has 1 heterocycles. The van der Waals surface area contributed by atoms with Crippen LogP contribution < -0.4 is 10.6 Å². The van der Waals surface area contributed by atoms with Crippen LogP contribution in [0.15, 0.2) is 35.9 Å². The molecule has 0 saturated heterocycles. The zero-order valence-electron chi connectivity index (χ0n) is 10.6. The molecule has 0 bridgehead atoms. The number of amides is 1. The van der Waals surface area contributed by atoms with Gasteiger partial charge < -0.3 is 10.6 Å². The fraction of sp³-hybridized carbons (Fsp3) is 0.357. The summed E-state index contributed by atoms with van der Waals surface area (Å²) < 4.78 is 1.17. The van der Waals surface area contributed by atoms with Gasteiger partial charge in [0.25, 0.3) is 0 Å². The summed E-state index contributed by atoms with van der Waals surface area (Å²) in [5.74, 6) is 0.0939. The van der Waals surface area contributed by atoms with Crippen LogP contribution in [0.5, 0.6) is 0 Å². The summed E-state index contributed by atoms with van der Waals surface area (Å²) in [4.78, 5) is 11.8. The largest absolute Gasteiger partial charge is 0.352 e. The van der Waals surface area contributed by atoms with Crippen LogP contribution >= 0.6 is 35.0 Å². The van der Waals surface area contributed by atoms with Gasteiger partial charge in [-0.2, -0.15) is 0 Å². The highest BCUT2D eigenvalue weighted by Crippen LogP contribution is 2.08. The summed E-state index contributed by atoms with van der Waals surface area (Å²) in [5.41, 5.74) is 2.39. The average Bonchev–Trinajstić information content (AvgIpc) is 2.38. The van der Waals surface area contributed by atoms with Crippen molar-refractivity contribution in [3.63, 3.8) is 0 Å². The molecule has 1 aromatic rings. The van der Waals surface area contributed by atoms with Crippen LogP contribution in [0.4, 0.5) is 0 Å². The van der Waals surface area contributed by atoms with Crippen LogP contribution in [0.3, 0.4) is 0 Å². The Morgan fingerprint density at radius 3 is 2.95 bits per heavy atom. The van der Waals surface area contributed by atoms with Crippen molar-refractivity contribution in [1.29, 1.82) is 0 Å². The molecule has 2 N–H and O–H groups in total. The van der Waals surface area contributed by atoms with Crippen LogP contribution in [0.2, 0.25) is 0 Å². The summed E-state index contributed by atoms with van der Waals surface area (Å²) in [6.45, 7) is 2.62. The standard InChI is InChI=1S/C14H17IN2O.ClH/c15-13-3-1-2-12(8-13)9-14(18)17-10-11-4-6-16-7-5-11;/h1-4,8,16H,5-7,9-10H2,(H,17,18);1H. The first-order valence-corrected chi connectivity index (χ1v) is 7.22. The van der Waals surface area contributed by atoms with Crippen LogP contribution in [0.25, 0.3) is 0 Å². The summed E-state index contributed by atoms with van der Waals surface area (Å²) in [5, 5.41) is 6.24. The van der Waals surface area contributed by atoms with E-state index >= 15 is 0 Å². The summed E-state index contributed by atoms with van der Waals surface area (Å²) in [7, 11) is 0. The van der Waals surface area contributed by atoms with Crippen molar-refractivity contribution in [2.24, 2.45) is 0 Å². The van der Waals surface area contributed by atoms with Gasteiger partial charge in [0, 0.05) is 16.7 Å². The fourth-order valence-corrected chi connectivity index (χ4v) is 2.54. The molecule has 0 spiro atoms. The van der Waals surface area contributed by atoms with E-state index in [9.17, 15) is 4.79 Å². The van der Waals surface area contributed by atoms with Crippen molar-refractivity contribution < 1.29 is 4.79 Å². The Bertz CT molecular complexity index is 463. The van der Waals surface area contributed by atoms with Gasteiger partial charge in [0.2, 0.25) is 5.91 Å². The van der Waals surface area contributed by atoms with Gasteiger partial charge in [0.1, 0.15) is 0 Å². The summed E-state index contributed by atoms with van der Waals surface area (Å²) >= 11 is 2.26. The maximum Gasteiger partial charge on any atom is 0.224 e. The number of halogens is 2. The van der Waals surface area contributed by atoms with Gasteiger partial charge in [0.05, 0.1) is 6.42 Å². The van der Waals surface area contributed by atoms with E-state index in [0.29, 0.717) is 13.0 Å². The highest BCUT2D eigenvalue weighted by molar-refractivity contribution is 14.1. The normalized spacial score (nSPS) is 14.3. The quantitative estimate of drug-likeness (QED) is 0.610. The molecular weight excluding hydrogens is 375 g/mol. The molecule has 0 saturated carbocycles. The number of rotatable bonds is 4. The van der Waals surface area contributed by atoms with Crippen molar-refractivity contribution >= 4 is 40.9 Å². The van der Waals surface area contributed by atoms with Crippen LogP contribution in [-0.4, -0.2) is 25.5 Å². The summed E-state index contributed by atoms with van der Waals surface area (Å²) in [6.07, 6.45) is 3.65. The lowest BCUT2D eigenvalue weighted by atomic mass is 10.1. The Labute approximate surface area is 133 Å². The van der Waals surface area contributed by atoms with Crippen LogP contribution in [0.1, 0.15) is 12.0 Å². The highest BCUT2D eigenvalue weighted by Gasteiger charge is 2.06. The molecule has 104 valence electrons. The molecule has 2 rings (SSSR count). The number of carbonyl (C=O) groups is 1. The Kier molecular flexibility index (Phi) is 7.41. The molecule has 19 heavy (non-hydrogen) atoms. The molecule has 0 atom stereocenters. The van der Waals surface area contributed by atoms with Crippen LogP contribution in [0, 0.1) is 3.57 Å². The minimum atomic E-state index is 0. The van der Waals surface area contributed by atoms with E-state index in [4.69, 9.17) is 0 Å². The van der Waals surface area contributed by atoms with Gasteiger partial charge in [0.15, 0.2) is 0 Å². The molecule has 1 aliphatic heterocycles. The molecule has 3 nitrogen and oxygen atoms in total. The van der Waals surface area contributed by atoms with Crippen LogP contribution in [-0.2, 0) is 11.2 Å². The maximum absolute atomic E-state index is 11.8. The second-order valence-corrected chi connectivity index (χ2v) is 5.65. The van der Waals surface area contributed by atoms with Gasteiger partial charge >= 0.3 is 0 Å². The van der Waals surface area contributed by atoms with E-state index in [0.717, 1.165) is 25.1 Å². The number of benzene rings is 1. The number of hydrogen-bond acceptors (Lipinski definition) is 2. The Morgan fingerprint density at radius 1 is 1.42 bits per heavy atom. The molecule has 0 radical (unpaired) electrons. The van der Waals surface area contributed by atoms with Gasteiger partial charge in [-0.05, 0) is 53.3 Å². The molecule has 0 aromatic heterocycles. The van der Waals surface area contributed by atoms with Gasteiger partial charge in [-0.15, -0.1) is 12.4 Å². The van der Waals surface area contributed by atoms with Gasteiger partial charge in [-0.25, -0.2) is 0 Å². The number of hydrogen-bond donors (Lipinski definition) is 2. The van der Waals surface area contributed by atoms with Crippen molar-refractivity contribution in [3.05, 3.63) is 45.0 Å². The lowest BCUT2D eigenvalue weighted by Gasteiger charge is -2.14. The molecule has 1 aliphatic rings. The van der Waals surface area contributed by atoms with Crippen molar-refractivity contribution in [1.82, 2.24) is 10.6 Å². The maximum atomic E-state index is 11.8. The molecule has 0 unspecified atom stereocenters. The van der Waals surface area contributed by atoms with E-state index in [1.54, 1.807) is 0 Å². The first-order chi connectivity index (χ1) is 8.74. The van der Waals surface area contributed by atoms with E-state index in [1.165, 1.54) is 9.14 Å². The second kappa shape index (κ2) is 8.55. The van der Waals surface area contributed by atoms with E-state index < -0.39 is 0 Å². The number of nitrogens with one attached hydrogen (secondary N) is 2. The zero-order valence-corrected chi connectivity index (χ0v) is 13.6. The van der Waals surface area contributed by atoms with Crippen molar-refractivity contribution in [3.8, 4) is 0 Å². The fourth-order valence-electron chi connectivity index (χ4n) is 1.94. The molecule has 5 heteroatoms. The third kappa shape index (κ3) is 5.93. The lowest BCUT2D eigenvalue weighted by Crippen LogP contribution is -2.30. The molecule has 0 fully saturated rings. The third-order valence-electron chi connectivity index (χ3n) is 2.92. The van der Waals surface area contributed by atoms with E-state index in [1.807, 2.05) is 24.3 Å². The zero-order chi connectivity index (χ0) is 12.8. The van der Waals surface area contributed by atoms with E-state index in [2.05, 4.69) is 39.3 Å². The lowest BCUT2D eigenvalue weighted by molar-refractivity contribution is -0.120. The minimum Gasteiger partial charge on any atom is -0.352 e. The number of carbonyl (C=O) groups excluding carboxylic acids is 1. The topological polar surface area (TPSA) is 41.1 Å². The van der Waals surface area contributed by atoms with Crippen molar-refractivity contribution in [2.75, 3.05) is 19.6 Å². The Balaban J connectivity index is 0.00000180. The van der Waals surface area contributed by atoms with Gasteiger partial charge in [-0.1, -0.05) is 23.8 Å². The Hall–Kier alpha value is -0.590. The SMILES string of the molecule is Cl.O=C(Cc1cccc(I)c1)NCC1=CCNCC1. The predicted molar refractivity (Wildman–Crippen MR) is 88.7 cm³/mol. The first-order valence-electron chi connectivity index (χ1n) is 6.14. The minimum absolute atomic E-state index is 0.